The number of hydrogen-bond acceptors (Lipinski definition) is 3. The van der Waals surface area contributed by atoms with Gasteiger partial charge in [-0.3, -0.25) is 4.79 Å². The molecule has 0 heterocycles. The molecule has 20 heavy (non-hydrogen) atoms. The molecule has 0 saturated heterocycles. The van der Waals surface area contributed by atoms with Crippen molar-refractivity contribution in [1.29, 1.82) is 5.26 Å². The first kappa shape index (κ1) is 13.6. The summed E-state index contributed by atoms with van der Waals surface area (Å²) in [5.74, 6) is -0.0988. The third kappa shape index (κ3) is 3.36. The summed E-state index contributed by atoms with van der Waals surface area (Å²) in [5, 5.41) is 14.7. The number of nitrogens with zero attached hydrogens (tertiary/aromatic N) is 1. The van der Waals surface area contributed by atoms with E-state index in [4.69, 9.17) is 5.26 Å². The van der Waals surface area contributed by atoms with Gasteiger partial charge in [-0.1, -0.05) is 12.1 Å². The van der Waals surface area contributed by atoms with Gasteiger partial charge in [0.25, 0.3) is 5.91 Å². The highest BCUT2D eigenvalue weighted by Crippen LogP contribution is 2.12. The number of anilines is 1. The highest BCUT2D eigenvalue weighted by Gasteiger charge is 2.02. The Kier molecular flexibility index (Phi) is 4.35. The van der Waals surface area contributed by atoms with Gasteiger partial charge in [0.2, 0.25) is 0 Å². The Morgan fingerprint density at radius 1 is 1.20 bits per heavy atom. The minimum absolute atomic E-state index is 0.0988. The molecular weight excluding hydrogens is 250 g/mol. The lowest BCUT2D eigenvalue weighted by Crippen LogP contribution is -2.17. The van der Waals surface area contributed by atoms with E-state index in [0.29, 0.717) is 17.7 Å². The fourth-order valence-electron chi connectivity index (χ4n) is 1.84. The maximum absolute atomic E-state index is 11.4. The van der Waals surface area contributed by atoms with Crippen molar-refractivity contribution in [3.05, 3.63) is 65.2 Å². The van der Waals surface area contributed by atoms with Gasteiger partial charge in [0.1, 0.15) is 0 Å². The van der Waals surface area contributed by atoms with Crippen molar-refractivity contribution in [3.63, 3.8) is 0 Å². The number of carbonyl (C=O) groups is 1. The van der Waals surface area contributed by atoms with E-state index in [2.05, 4.69) is 16.7 Å². The second kappa shape index (κ2) is 6.39. The van der Waals surface area contributed by atoms with E-state index < -0.39 is 0 Å². The molecule has 0 bridgehead atoms. The van der Waals surface area contributed by atoms with E-state index in [1.165, 1.54) is 0 Å². The van der Waals surface area contributed by atoms with Gasteiger partial charge in [-0.05, 0) is 42.0 Å². The molecule has 2 aromatic rings. The van der Waals surface area contributed by atoms with Gasteiger partial charge in [0, 0.05) is 24.8 Å². The molecule has 100 valence electrons. The van der Waals surface area contributed by atoms with Gasteiger partial charge in [0.05, 0.1) is 11.6 Å². The number of rotatable bonds is 4. The van der Waals surface area contributed by atoms with Crippen LogP contribution in [0.2, 0.25) is 0 Å². The topological polar surface area (TPSA) is 64.9 Å². The van der Waals surface area contributed by atoms with Crippen LogP contribution in [0.25, 0.3) is 0 Å². The number of carbonyl (C=O) groups excluding carboxylic acids is 1. The minimum atomic E-state index is -0.0988. The second-order valence-electron chi connectivity index (χ2n) is 4.32. The van der Waals surface area contributed by atoms with Crippen molar-refractivity contribution in [1.82, 2.24) is 5.32 Å². The molecule has 0 fully saturated rings. The Balaban J connectivity index is 2.00. The summed E-state index contributed by atoms with van der Waals surface area (Å²) in [4.78, 5) is 11.4. The molecule has 0 saturated carbocycles. The van der Waals surface area contributed by atoms with E-state index in [-0.39, 0.29) is 5.91 Å². The molecule has 2 N–H and O–H groups in total. The SMILES string of the molecule is CNC(=O)c1ccc(NCc2cccc(C#N)c2)cc1. The van der Waals surface area contributed by atoms with Gasteiger partial charge < -0.3 is 10.6 Å². The number of hydrogen-bond donors (Lipinski definition) is 2. The Morgan fingerprint density at radius 2 is 1.95 bits per heavy atom. The molecule has 2 rings (SSSR count). The zero-order valence-electron chi connectivity index (χ0n) is 11.2. The van der Waals surface area contributed by atoms with Crippen LogP contribution in [0.4, 0.5) is 5.69 Å². The summed E-state index contributed by atoms with van der Waals surface area (Å²) >= 11 is 0. The smallest absolute Gasteiger partial charge is 0.251 e. The van der Waals surface area contributed by atoms with Crippen LogP contribution in [0, 0.1) is 11.3 Å². The van der Waals surface area contributed by atoms with Crippen LogP contribution in [0.3, 0.4) is 0 Å². The molecule has 0 spiro atoms. The molecule has 1 amide bonds. The molecule has 4 heteroatoms. The van der Waals surface area contributed by atoms with Crippen LogP contribution in [0.1, 0.15) is 21.5 Å². The van der Waals surface area contributed by atoms with Crippen molar-refractivity contribution in [2.45, 2.75) is 6.54 Å². The molecule has 0 atom stereocenters. The largest absolute Gasteiger partial charge is 0.381 e. The average Bonchev–Trinajstić information content (AvgIpc) is 2.53. The standard InChI is InChI=1S/C16H15N3O/c1-18-16(20)14-5-7-15(8-6-14)19-11-13-4-2-3-12(9-13)10-17/h2-9,19H,11H2,1H3,(H,18,20). The molecule has 4 nitrogen and oxygen atoms in total. The van der Waals surface area contributed by atoms with Crippen molar-refractivity contribution < 1.29 is 4.79 Å². The number of benzene rings is 2. The Bertz CT molecular complexity index is 642. The third-order valence-corrected chi connectivity index (χ3v) is 2.93. The zero-order chi connectivity index (χ0) is 14.4. The van der Waals surface area contributed by atoms with Crippen molar-refractivity contribution in [2.75, 3.05) is 12.4 Å². The van der Waals surface area contributed by atoms with Crippen LogP contribution in [-0.2, 0) is 6.54 Å². The maximum atomic E-state index is 11.4. The number of amides is 1. The number of nitriles is 1. The van der Waals surface area contributed by atoms with E-state index in [1.54, 1.807) is 25.2 Å². The minimum Gasteiger partial charge on any atom is -0.381 e. The lowest BCUT2D eigenvalue weighted by Gasteiger charge is -2.07. The highest BCUT2D eigenvalue weighted by molar-refractivity contribution is 5.94. The molecule has 0 radical (unpaired) electrons. The lowest BCUT2D eigenvalue weighted by molar-refractivity contribution is 0.0963. The van der Waals surface area contributed by atoms with Gasteiger partial charge in [0.15, 0.2) is 0 Å². The van der Waals surface area contributed by atoms with Crippen LogP contribution in [0.15, 0.2) is 48.5 Å². The average molecular weight is 265 g/mol. The van der Waals surface area contributed by atoms with Crippen LogP contribution < -0.4 is 10.6 Å². The van der Waals surface area contributed by atoms with Crippen LogP contribution in [0.5, 0.6) is 0 Å². The van der Waals surface area contributed by atoms with Gasteiger partial charge in [-0.2, -0.15) is 5.26 Å². The molecule has 0 aliphatic heterocycles. The summed E-state index contributed by atoms with van der Waals surface area (Å²) in [6.07, 6.45) is 0. The molecule has 0 unspecified atom stereocenters. The van der Waals surface area contributed by atoms with Gasteiger partial charge in [-0.25, -0.2) is 0 Å². The van der Waals surface area contributed by atoms with Gasteiger partial charge >= 0.3 is 0 Å². The monoisotopic (exact) mass is 265 g/mol. The molecule has 0 aliphatic carbocycles. The predicted octanol–water partition coefficient (Wildman–Crippen LogP) is 2.53. The van der Waals surface area contributed by atoms with E-state index >= 15 is 0 Å². The fourth-order valence-corrected chi connectivity index (χ4v) is 1.84. The van der Waals surface area contributed by atoms with E-state index in [1.807, 2.05) is 30.3 Å². The summed E-state index contributed by atoms with van der Waals surface area (Å²) in [6, 6.07) is 16.8. The summed E-state index contributed by atoms with van der Waals surface area (Å²) in [7, 11) is 1.61. The normalized spacial score (nSPS) is 9.60. The first-order valence-corrected chi connectivity index (χ1v) is 6.28. The second-order valence-corrected chi connectivity index (χ2v) is 4.32. The zero-order valence-corrected chi connectivity index (χ0v) is 11.2. The van der Waals surface area contributed by atoms with Crippen molar-refractivity contribution >= 4 is 11.6 Å². The first-order valence-electron chi connectivity index (χ1n) is 6.28. The van der Waals surface area contributed by atoms with Crippen LogP contribution >= 0.6 is 0 Å². The highest BCUT2D eigenvalue weighted by atomic mass is 16.1. The number of nitrogens with one attached hydrogen (secondary N) is 2. The van der Waals surface area contributed by atoms with Crippen LogP contribution in [-0.4, -0.2) is 13.0 Å². The summed E-state index contributed by atoms with van der Waals surface area (Å²) in [5.41, 5.74) is 3.25. The molecule has 2 aromatic carbocycles. The molecule has 0 aliphatic rings. The summed E-state index contributed by atoms with van der Waals surface area (Å²) in [6.45, 7) is 0.634. The van der Waals surface area contributed by atoms with Crippen molar-refractivity contribution in [3.8, 4) is 6.07 Å². The Labute approximate surface area is 118 Å². The van der Waals surface area contributed by atoms with Gasteiger partial charge in [-0.15, -0.1) is 0 Å². The fraction of sp³-hybridized carbons (Fsp3) is 0.125. The van der Waals surface area contributed by atoms with E-state index in [9.17, 15) is 4.79 Å². The lowest BCUT2D eigenvalue weighted by atomic mass is 10.1. The third-order valence-electron chi connectivity index (χ3n) is 2.93. The van der Waals surface area contributed by atoms with Crippen molar-refractivity contribution in [2.24, 2.45) is 0 Å². The predicted molar refractivity (Wildman–Crippen MR) is 78.3 cm³/mol. The molecular formula is C16H15N3O. The quantitative estimate of drug-likeness (QED) is 0.892. The molecule has 0 aromatic heterocycles. The maximum Gasteiger partial charge on any atom is 0.251 e. The summed E-state index contributed by atoms with van der Waals surface area (Å²) < 4.78 is 0. The first-order chi connectivity index (χ1) is 9.72. The Morgan fingerprint density at radius 3 is 2.60 bits per heavy atom. The Hall–Kier alpha value is -2.80. The van der Waals surface area contributed by atoms with E-state index in [0.717, 1.165) is 11.3 Å².